The molecule has 0 amide bonds. The van der Waals surface area contributed by atoms with Crippen LogP contribution in [-0.4, -0.2) is 13.1 Å². The normalized spacial score (nSPS) is 30.5. The van der Waals surface area contributed by atoms with Crippen molar-refractivity contribution >= 4 is 0 Å². The van der Waals surface area contributed by atoms with Crippen molar-refractivity contribution in [3.8, 4) is 6.07 Å². The summed E-state index contributed by atoms with van der Waals surface area (Å²) in [4.78, 5) is 0. The highest BCUT2D eigenvalue weighted by Gasteiger charge is 2.24. The van der Waals surface area contributed by atoms with Crippen LogP contribution in [-0.2, 0) is 0 Å². The van der Waals surface area contributed by atoms with Crippen molar-refractivity contribution in [3.63, 3.8) is 0 Å². The quantitative estimate of drug-likeness (QED) is 0.657. The van der Waals surface area contributed by atoms with Gasteiger partial charge in [-0.1, -0.05) is 18.6 Å². The zero-order chi connectivity index (χ0) is 9.84. The zero-order valence-corrected chi connectivity index (χ0v) is 8.67. The SMILES string of the molecule is CNC(C#N)C1CC(C)=CC(C)C1. The molecule has 0 aliphatic heterocycles. The van der Waals surface area contributed by atoms with Crippen LogP contribution >= 0.6 is 0 Å². The second-order valence-corrected chi connectivity index (χ2v) is 4.09. The number of allylic oxidation sites excluding steroid dienone is 2. The molecule has 2 nitrogen and oxygen atoms in total. The van der Waals surface area contributed by atoms with Crippen LogP contribution in [0.4, 0.5) is 0 Å². The van der Waals surface area contributed by atoms with Crippen LogP contribution in [0.1, 0.15) is 26.7 Å². The number of nitriles is 1. The average Bonchev–Trinajstić information content (AvgIpc) is 2.04. The van der Waals surface area contributed by atoms with E-state index in [0.29, 0.717) is 11.8 Å². The maximum atomic E-state index is 8.92. The molecule has 1 aliphatic rings. The Morgan fingerprint density at radius 3 is 2.85 bits per heavy atom. The number of nitrogens with one attached hydrogen (secondary N) is 1. The summed E-state index contributed by atoms with van der Waals surface area (Å²) >= 11 is 0. The first-order chi connectivity index (χ1) is 6.17. The lowest BCUT2D eigenvalue weighted by atomic mass is 9.80. The first-order valence-corrected chi connectivity index (χ1v) is 4.91. The standard InChI is InChI=1S/C11H18N2/c1-8-4-9(2)6-10(5-8)11(7-12)13-3/h4,8,10-11,13H,5-6H2,1-3H3. The Kier molecular flexibility index (Phi) is 3.50. The van der Waals surface area contributed by atoms with E-state index in [1.807, 2.05) is 7.05 Å². The molecule has 0 heterocycles. The number of rotatable bonds is 2. The van der Waals surface area contributed by atoms with Gasteiger partial charge in [-0.25, -0.2) is 0 Å². The molecule has 72 valence electrons. The van der Waals surface area contributed by atoms with Crippen LogP contribution < -0.4 is 5.32 Å². The Hall–Kier alpha value is -0.810. The predicted molar refractivity (Wildman–Crippen MR) is 54.1 cm³/mol. The smallest absolute Gasteiger partial charge is 0.0982 e. The molecule has 2 heteroatoms. The van der Waals surface area contributed by atoms with Gasteiger partial charge >= 0.3 is 0 Å². The van der Waals surface area contributed by atoms with E-state index in [1.165, 1.54) is 5.57 Å². The molecule has 0 aromatic carbocycles. The van der Waals surface area contributed by atoms with E-state index in [-0.39, 0.29) is 6.04 Å². The minimum atomic E-state index is 0.0195. The molecule has 0 radical (unpaired) electrons. The number of nitrogens with zero attached hydrogens (tertiary/aromatic N) is 1. The van der Waals surface area contributed by atoms with Crippen molar-refractivity contribution in [1.29, 1.82) is 5.26 Å². The summed E-state index contributed by atoms with van der Waals surface area (Å²) in [6.45, 7) is 4.38. The summed E-state index contributed by atoms with van der Waals surface area (Å²) in [5.74, 6) is 1.12. The maximum absolute atomic E-state index is 8.92. The number of hydrogen-bond donors (Lipinski definition) is 1. The lowest BCUT2D eigenvalue weighted by Gasteiger charge is -2.28. The van der Waals surface area contributed by atoms with Gasteiger partial charge in [0, 0.05) is 0 Å². The molecule has 0 saturated heterocycles. The van der Waals surface area contributed by atoms with Gasteiger partial charge in [-0.2, -0.15) is 5.26 Å². The Morgan fingerprint density at radius 1 is 1.69 bits per heavy atom. The van der Waals surface area contributed by atoms with Crippen molar-refractivity contribution in [3.05, 3.63) is 11.6 Å². The minimum Gasteiger partial charge on any atom is -0.305 e. The van der Waals surface area contributed by atoms with E-state index >= 15 is 0 Å². The third kappa shape index (κ3) is 2.57. The summed E-state index contributed by atoms with van der Waals surface area (Å²) in [7, 11) is 1.87. The van der Waals surface area contributed by atoms with Gasteiger partial charge in [0.05, 0.1) is 12.1 Å². The lowest BCUT2D eigenvalue weighted by Crippen LogP contribution is -2.34. The van der Waals surface area contributed by atoms with Crippen LogP contribution in [0, 0.1) is 23.2 Å². The van der Waals surface area contributed by atoms with Crippen molar-refractivity contribution in [2.45, 2.75) is 32.7 Å². The van der Waals surface area contributed by atoms with Crippen LogP contribution in [0.15, 0.2) is 11.6 Å². The topological polar surface area (TPSA) is 35.8 Å². The molecule has 0 bridgehead atoms. The van der Waals surface area contributed by atoms with E-state index in [0.717, 1.165) is 12.8 Å². The molecule has 0 aromatic heterocycles. The first-order valence-electron chi connectivity index (χ1n) is 4.91. The molecule has 13 heavy (non-hydrogen) atoms. The van der Waals surface area contributed by atoms with Crippen LogP contribution in [0.25, 0.3) is 0 Å². The minimum absolute atomic E-state index is 0.0195. The monoisotopic (exact) mass is 178 g/mol. The molecule has 3 atom stereocenters. The summed E-state index contributed by atoms with van der Waals surface area (Å²) in [5, 5.41) is 12.0. The summed E-state index contributed by atoms with van der Waals surface area (Å²) in [5.41, 5.74) is 1.43. The second kappa shape index (κ2) is 4.43. The Morgan fingerprint density at radius 2 is 2.38 bits per heavy atom. The van der Waals surface area contributed by atoms with Crippen molar-refractivity contribution in [2.24, 2.45) is 11.8 Å². The largest absolute Gasteiger partial charge is 0.305 e. The Balaban J connectivity index is 2.64. The van der Waals surface area contributed by atoms with Crippen molar-refractivity contribution in [2.75, 3.05) is 7.05 Å². The van der Waals surface area contributed by atoms with E-state index in [1.54, 1.807) is 0 Å². The van der Waals surface area contributed by atoms with Gasteiger partial charge in [-0.05, 0) is 38.6 Å². The second-order valence-electron chi connectivity index (χ2n) is 4.09. The molecular formula is C11H18N2. The molecule has 0 saturated carbocycles. The fourth-order valence-corrected chi connectivity index (χ4v) is 2.26. The van der Waals surface area contributed by atoms with E-state index in [4.69, 9.17) is 5.26 Å². The molecule has 0 aromatic rings. The highest BCUT2D eigenvalue weighted by atomic mass is 14.9. The van der Waals surface area contributed by atoms with Gasteiger partial charge in [0.1, 0.15) is 0 Å². The van der Waals surface area contributed by atoms with E-state index in [9.17, 15) is 0 Å². The van der Waals surface area contributed by atoms with E-state index < -0.39 is 0 Å². The summed E-state index contributed by atoms with van der Waals surface area (Å²) < 4.78 is 0. The molecular weight excluding hydrogens is 160 g/mol. The highest BCUT2D eigenvalue weighted by Crippen LogP contribution is 2.29. The summed E-state index contributed by atoms with van der Waals surface area (Å²) in [6.07, 6.45) is 4.53. The average molecular weight is 178 g/mol. The predicted octanol–water partition coefficient (Wildman–Crippen LogP) is 2.09. The van der Waals surface area contributed by atoms with Gasteiger partial charge in [0.15, 0.2) is 0 Å². The molecule has 1 rings (SSSR count). The summed E-state index contributed by atoms with van der Waals surface area (Å²) in [6, 6.07) is 2.34. The highest BCUT2D eigenvalue weighted by molar-refractivity contribution is 5.10. The van der Waals surface area contributed by atoms with Crippen molar-refractivity contribution < 1.29 is 0 Å². The molecule has 1 aliphatic carbocycles. The van der Waals surface area contributed by atoms with Gasteiger partial charge < -0.3 is 5.32 Å². The number of hydrogen-bond acceptors (Lipinski definition) is 2. The fraction of sp³-hybridized carbons (Fsp3) is 0.727. The maximum Gasteiger partial charge on any atom is 0.0982 e. The lowest BCUT2D eigenvalue weighted by molar-refractivity contribution is 0.349. The molecule has 1 N–H and O–H groups in total. The third-order valence-corrected chi connectivity index (χ3v) is 2.75. The van der Waals surface area contributed by atoms with E-state index in [2.05, 4.69) is 31.3 Å². The van der Waals surface area contributed by atoms with Gasteiger partial charge in [0.25, 0.3) is 0 Å². The molecule has 0 spiro atoms. The van der Waals surface area contributed by atoms with Crippen molar-refractivity contribution in [1.82, 2.24) is 5.32 Å². The van der Waals surface area contributed by atoms with Gasteiger partial charge in [0.2, 0.25) is 0 Å². The fourth-order valence-electron chi connectivity index (χ4n) is 2.26. The molecule has 0 fully saturated rings. The zero-order valence-electron chi connectivity index (χ0n) is 8.67. The van der Waals surface area contributed by atoms with Gasteiger partial charge in [-0.15, -0.1) is 0 Å². The van der Waals surface area contributed by atoms with Crippen LogP contribution in [0.2, 0.25) is 0 Å². The third-order valence-electron chi connectivity index (χ3n) is 2.75. The van der Waals surface area contributed by atoms with Crippen LogP contribution in [0.5, 0.6) is 0 Å². The Labute approximate surface area is 80.6 Å². The van der Waals surface area contributed by atoms with Crippen LogP contribution in [0.3, 0.4) is 0 Å². The Bertz CT molecular complexity index is 237. The van der Waals surface area contributed by atoms with Gasteiger partial charge in [-0.3, -0.25) is 0 Å². The first kappa shape index (κ1) is 10.3. The molecule has 3 unspecified atom stereocenters.